The van der Waals surface area contributed by atoms with E-state index in [1.54, 1.807) is 7.11 Å². The van der Waals surface area contributed by atoms with Crippen LogP contribution in [0.25, 0.3) is 0 Å². The van der Waals surface area contributed by atoms with Gasteiger partial charge in [0.05, 0.1) is 7.11 Å². The van der Waals surface area contributed by atoms with Crippen LogP contribution in [-0.2, 0) is 4.79 Å². The van der Waals surface area contributed by atoms with E-state index in [0.29, 0.717) is 0 Å². The van der Waals surface area contributed by atoms with Crippen molar-refractivity contribution in [2.75, 3.05) is 13.7 Å². The fraction of sp³-hybridized carbons (Fsp3) is 0.533. The van der Waals surface area contributed by atoms with Gasteiger partial charge < -0.3 is 9.64 Å². The maximum Gasteiger partial charge on any atom is 0.244 e. The van der Waals surface area contributed by atoms with Crippen molar-refractivity contribution in [2.45, 2.75) is 37.9 Å². The van der Waals surface area contributed by atoms with Crippen LogP contribution in [0.3, 0.4) is 0 Å². The van der Waals surface area contributed by atoms with Gasteiger partial charge in [0.15, 0.2) is 0 Å². The smallest absolute Gasteiger partial charge is 0.244 e. The first-order valence-corrected chi connectivity index (χ1v) is 6.93. The lowest BCUT2D eigenvalue weighted by Gasteiger charge is -2.24. The van der Waals surface area contributed by atoms with Crippen LogP contribution in [0.5, 0.6) is 5.75 Å². The predicted octanol–water partition coefficient (Wildman–Crippen LogP) is 2.07. The Kier molecular flexibility index (Phi) is 2.97. The van der Waals surface area contributed by atoms with Gasteiger partial charge >= 0.3 is 0 Å². The number of carbonyl (C=O) groups is 1. The van der Waals surface area contributed by atoms with Gasteiger partial charge in [-0.2, -0.15) is 0 Å². The summed E-state index contributed by atoms with van der Waals surface area (Å²) in [4.78, 5) is 14.4. The molecule has 1 saturated heterocycles. The van der Waals surface area contributed by atoms with Gasteiger partial charge in [-0.05, 0) is 37.0 Å². The van der Waals surface area contributed by atoms with Crippen LogP contribution < -0.4 is 10.1 Å². The van der Waals surface area contributed by atoms with E-state index in [0.717, 1.165) is 37.1 Å². The third-order valence-electron chi connectivity index (χ3n) is 4.04. The molecule has 1 unspecified atom stereocenters. The molecule has 1 amide bonds. The van der Waals surface area contributed by atoms with Gasteiger partial charge in [0, 0.05) is 6.54 Å². The highest BCUT2D eigenvalue weighted by Gasteiger charge is 2.59. The first kappa shape index (κ1) is 12.5. The molecule has 1 saturated carbocycles. The Morgan fingerprint density at radius 2 is 2.05 bits per heavy atom. The maximum atomic E-state index is 12.4. The van der Waals surface area contributed by atoms with E-state index in [2.05, 4.69) is 12.2 Å². The highest BCUT2D eigenvalue weighted by atomic mass is 16.5. The number of rotatable bonds is 4. The molecule has 4 nitrogen and oxygen atoms in total. The topological polar surface area (TPSA) is 41.6 Å². The summed E-state index contributed by atoms with van der Waals surface area (Å²) in [6, 6.07) is 7.97. The average Bonchev–Trinajstić information content (AvgIpc) is 3.18. The van der Waals surface area contributed by atoms with E-state index in [1.807, 2.05) is 29.2 Å². The van der Waals surface area contributed by atoms with Crippen LogP contribution in [-0.4, -0.2) is 30.0 Å². The minimum absolute atomic E-state index is 0.0147. The number of amides is 1. The molecule has 1 aromatic rings. The lowest BCUT2D eigenvalue weighted by Crippen LogP contribution is -2.32. The first-order valence-electron chi connectivity index (χ1n) is 6.93. The number of hydrogen-bond donors (Lipinski definition) is 1. The van der Waals surface area contributed by atoms with Crippen molar-refractivity contribution in [1.29, 1.82) is 0 Å². The molecular formula is C15H20N2O2. The molecule has 1 spiro atoms. The number of hydrogen-bond acceptors (Lipinski definition) is 3. The number of carbonyl (C=O) groups excluding carboxylic acids is 1. The largest absolute Gasteiger partial charge is 0.497 e. The predicted molar refractivity (Wildman–Crippen MR) is 72.8 cm³/mol. The lowest BCUT2D eigenvalue weighted by molar-refractivity contribution is -0.130. The number of benzene rings is 1. The second-order valence-electron chi connectivity index (χ2n) is 5.40. The van der Waals surface area contributed by atoms with E-state index in [-0.39, 0.29) is 17.6 Å². The van der Waals surface area contributed by atoms with Gasteiger partial charge in [-0.25, -0.2) is 0 Å². The molecule has 1 N–H and O–H groups in total. The molecule has 102 valence electrons. The summed E-state index contributed by atoms with van der Waals surface area (Å²) in [7, 11) is 1.66. The van der Waals surface area contributed by atoms with E-state index >= 15 is 0 Å². The molecule has 3 rings (SSSR count). The van der Waals surface area contributed by atoms with Crippen molar-refractivity contribution in [3.05, 3.63) is 29.8 Å². The molecule has 2 aliphatic rings. The molecule has 0 radical (unpaired) electrons. The van der Waals surface area contributed by atoms with Gasteiger partial charge in [-0.15, -0.1) is 0 Å². The molecule has 4 heteroatoms. The Bertz CT molecular complexity index is 479. The average molecular weight is 260 g/mol. The van der Waals surface area contributed by atoms with Crippen LogP contribution in [0.4, 0.5) is 0 Å². The zero-order valence-corrected chi connectivity index (χ0v) is 11.5. The van der Waals surface area contributed by atoms with Crippen LogP contribution in [0, 0.1) is 0 Å². The second kappa shape index (κ2) is 4.53. The summed E-state index contributed by atoms with van der Waals surface area (Å²) in [6.07, 6.45) is 2.94. The lowest BCUT2D eigenvalue weighted by atomic mass is 10.1. The third-order valence-corrected chi connectivity index (χ3v) is 4.04. The molecule has 2 fully saturated rings. The Morgan fingerprint density at radius 1 is 1.37 bits per heavy atom. The maximum absolute atomic E-state index is 12.4. The normalized spacial score (nSPS) is 24.0. The van der Waals surface area contributed by atoms with Crippen molar-refractivity contribution in [1.82, 2.24) is 10.2 Å². The fourth-order valence-electron chi connectivity index (χ4n) is 2.80. The van der Waals surface area contributed by atoms with E-state index in [1.165, 1.54) is 0 Å². The highest BCUT2D eigenvalue weighted by Crippen LogP contribution is 2.45. The van der Waals surface area contributed by atoms with Crippen LogP contribution in [0.15, 0.2) is 24.3 Å². The summed E-state index contributed by atoms with van der Waals surface area (Å²) in [6.45, 7) is 2.92. The monoisotopic (exact) mass is 260 g/mol. The molecule has 1 heterocycles. The SMILES string of the molecule is CCCN1C(=O)C2(CC2)NC1c1ccc(OC)cc1. The molecular weight excluding hydrogens is 240 g/mol. The number of nitrogens with one attached hydrogen (secondary N) is 1. The Hall–Kier alpha value is -1.55. The summed E-state index contributed by atoms with van der Waals surface area (Å²) in [5.74, 6) is 1.12. The van der Waals surface area contributed by atoms with Gasteiger partial charge in [0.2, 0.25) is 5.91 Å². The van der Waals surface area contributed by atoms with Crippen molar-refractivity contribution in [2.24, 2.45) is 0 Å². The minimum Gasteiger partial charge on any atom is -0.497 e. The third kappa shape index (κ3) is 2.00. The van der Waals surface area contributed by atoms with E-state index in [9.17, 15) is 4.79 Å². The highest BCUT2D eigenvalue weighted by molar-refractivity contribution is 5.92. The van der Waals surface area contributed by atoms with Crippen molar-refractivity contribution in [3.8, 4) is 5.75 Å². The van der Waals surface area contributed by atoms with Crippen LogP contribution >= 0.6 is 0 Å². The van der Waals surface area contributed by atoms with E-state index in [4.69, 9.17) is 4.74 Å². The Labute approximate surface area is 113 Å². The molecule has 0 bridgehead atoms. The van der Waals surface area contributed by atoms with Gasteiger partial charge in [-0.1, -0.05) is 19.1 Å². The molecule has 1 aliphatic heterocycles. The zero-order chi connectivity index (χ0) is 13.5. The molecule has 1 aliphatic carbocycles. The zero-order valence-electron chi connectivity index (χ0n) is 11.5. The van der Waals surface area contributed by atoms with Crippen LogP contribution in [0.1, 0.15) is 37.9 Å². The minimum atomic E-state index is -0.250. The number of ether oxygens (including phenoxy) is 1. The van der Waals surface area contributed by atoms with E-state index < -0.39 is 0 Å². The van der Waals surface area contributed by atoms with Crippen molar-refractivity contribution < 1.29 is 9.53 Å². The standard InChI is InChI=1S/C15H20N2O2/c1-3-10-17-13(16-15(8-9-15)14(17)18)11-4-6-12(19-2)7-5-11/h4-7,13,16H,3,8-10H2,1-2H3. The van der Waals surface area contributed by atoms with Crippen LogP contribution in [0.2, 0.25) is 0 Å². The van der Waals surface area contributed by atoms with Gasteiger partial charge in [0.25, 0.3) is 0 Å². The first-order chi connectivity index (χ1) is 9.20. The van der Waals surface area contributed by atoms with Crippen molar-refractivity contribution in [3.63, 3.8) is 0 Å². The fourth-order valence-corrected chi connectivity index (χ4v) is 2.80. The molecule has 19 heavy (non-hydrogen) atoms. The second-order valence-corrected chi connectivity index (χ2v) is 5.40. The number of methoxy groups -OCH3 is 1. The molecule has 0 aromatic heterocycles. The number of nitrogens with zero attached hydrogens (tertiary/aromatic N) is 1. The molecule has 1 aromatic carbocycles. The van der Waals surface area contributed by atoms with Gasteiger partial charge in [-0.3, -0.25) is 10.1 Å². The molecule has 1 atom stereocenters. The summed E-state index contributed by atoms with van der Waals surface area (Å²) < 4.78 is 5.18. The summed E-state index contributed by atoms with van der Waals surface area (Å²) >= 11 is 0. The van der Waals surface area contributed by atoms with Crippen molar-refractivity contribution >= 4 is 5.91 Å². The Balaban J connectivity index is 1.87. The Morgan fingerprint density at radius 3 is 2.58 bits per heavy atom. The van der Waals surface area contributed by atoms with Gasteiger partial charge in [0.1, 0.15) is 17.5 Å². The summed E-state index contributed by atoms with van der Waals surface area (Å²) in [5.41, 5.74) is 0.881. The quantitative estimate of drug-likeness (QED) is 0.901. The summed E-state index contributed by atoms with van der Waals surface area (Å²) in [5, 5.41) is 3.52.